The van der Waals surface area contributed by atoms with Gasteiger partial charge in [0.15, 0.2) is 0 Å². The quantitative estimate of drug-likeness (QED) is 0.677. The summed E-state index contributed by atoms with van der Waals surface area (Å²) in [7, 11) is 4.21. The number of hydrogen-bond donors (Lipinski definition) is 1. The molecule has 3 nitrogen and oxygen atoms in total. The molecule has 0 bridgehead atoms. The van der Waals surface area contributed by atoms with Gasteiger partial charge in [0.25, 0.3) is 0 Å². The highest BCUT2D eigenvalue weighted by Crippen LogP contribution is 2.12. The third-order valence-corrected chi connectivity index (χ3v) is 4.49. The van der Waals surface area contributed by atoms with Gasteiger partial charge in [0.1, 0.15) is 0 Å². The van der Waals surface area contributed by atoms with Crippen molar-refractivity contribution in [1.29, 1.82) is 0 Å². The summed E-state index contributed by atoms with van der Waals surface area (Å²) in [5.74, 6) is 0. The molecule has 0 aliphatic carbocycles. The summed E-state index contributed by atoms with van der Waals surface area (Å²) in [5.41, 5.74) is 9.01. The molecule has 0 saturated carbocycles. The van der Waals surface area contributed by atoms with Crippen molar-refractivity contribution in [2.45, 2.75) is 38.4 Å². The van der Waals surface area contributed by atoms with Gasteiger partial charge in [0, 0.05) is 19.1 Å². The average molecular weight is 340 g/mol. The van der Waals surface area contributed by atoms with Gasteiger partial charge in [0.05, 0.1) is 0 Å². The van der Waals surface area contributed by atoms with E-state index < -0.39 is 0 Å². The maximum Gasteiger partial charge on any atom is 0.0237 e. The predicted molar refractivity (Wildman–Crippen MR) is 107 cm³/mol. The SMILES string of the molecule is CN(C)CCC(N)CCCN(Cc1ccccc1)Cc1ccccc1. The van der Waals surface area contributed by atoms with Crippen molar-refractivity contribution in [3.8, 4) is 0 Å². The molecule has 25 heavy (non-hydrogen) atoms. The van der Waals surface area contributed by atoms with Crippen LogP contribution < -0.4 is 5.73 Å². The van der Waals surface area contributed by atoms with Crippen LogP contribution in [0.1, 0.15) is 30.4 Å². The summed E-state index contributed by atoms with van der Waals surface area (Å²) < 4.78 is 0. The summed E-state index contributed by atoms with van der Waals surface area (Å²) in [6, 6.07) is 21.8. The van der Waals surface area contributed by atoms with Crippen LogP contribution in [0.25, 0.3) is 0 Å². The standard InChI is InChI=1S/C22H33N3/c1-24(2)17-15-22(23)14-9-16-25(18-20-10-5-3-6-11-20)19-21-12-7-4-8-13-21/h3-8,10-13,22H,9,14-19,23H2,1-2H3. The second-order valence-corrected chi connectivity index (χ2v) is 7.18. The Morgan fingerprint density at radius 2 is 1.28 bits per heavy atom. The van der Waals surface area contributed by atoms with E-state index in [2.05, 4.69) is 84.6 Å². The molecule has 0 fully saturated rings. The van der Waals surface area contributed by atoms with E-state index in [9.17, 15) is 0 Å². The highest BCUT2D eigenvalue weighted by Gasteiger charge is 2.09. The molecule has 0 aliphatic rings. The van der Waals surface area contributed by atoms with E-state index in [0.29, 0.717) is 6.04 Å². The molecule has 0 aliphatic heterocycles. The van der Waals surface area contributed by atoms with Crippen molar-refractivity contribution in [2.24, 2.45) is 5.73 Å². The van der Waals surface area contributed by atoms with Crippen LogP contribution in [0, 0.1) is 0 Å². The topological polar surface area (TPSA) is 32.5 Å². The molecule has 0 radical (unpaired) electrons. The second-order valence-electron chi connectivity index (χ2n) is 7.18. The van der Waals surface area contributed by atoms with Crippen molar-refractivity contribution in [3.63, 3.8) is 0 Å². The van der Waals surface area contributed by atoms with Gasteiger partial charge in [-0.2, -0.15) is 0 Å². The minimum Gasteiger partial charge on any atom is -0.328 e. The van der Waals surface area contributed by atoms with E-state index in [0.717, 1.165) is 45.4 Å². The summed E-state index contributed by atoms with van der Waals surface area (Å²) in [4.78, 5) is 4.74. The molecule has 0 spiro atoms. The lowest BCUT2D eigenvalue weighted by molar-refractivity contribution is 0.246. The monoisotopic (exact) mass is 339 g/mol. The van der Waals surface area contributed by atoms with Crippen LogP contribution in [0.3, 0.4) is 0 Å². The number of rotatable bonds is 11. The number of nitrogens with zero attached hydrogens (tertiary/aromatic N) is 2. The van der Waals surface area contributed by atoms with Gasteiger partial charge in [-0.25, -0.2) is 0 Å². The van der Waals surface area contributed by atoms with E-state index in [1.165, 1.54) is 11.1 Å². The maximum absolute atomic E-state index is 6.27. The molecule has 0 saturated heterocycles. The van der Waals surface area contributed by atoms with Gasteiger partial charge in [0.2, 0.25) is 0 Å². The Morgan fingerprint density at radius 3 is 1.76 bits per heavy atom. The van der Waals surface area contributed by atoms with Crippen molar-refractivity contribution >= 4 is 0 Å². The molecule has 0 heterocycles. The molecule has 0 aromatic heterocycles. The summed E-state index contributed by atoms with van der Waals surface area (Å²) in [6.07, 6.45) is 3.31. The van der Waals surface area contributed by atoms with Gasteiger partial charge < -0.3 is 10.6 Å². The largest absolute Gasteiger partial charge is 0.328 e. The Hall–Kier alpha value is -1.68. The number of benzene rings is 2. The fourth-order valence-electron chi connectivity index (χ4n) is 3.04. The van der Waals surface area contributed by atoms with Crippen LogP contribution >= 0.6 is 0 Å². The number of hydrogen-bond acceptors (Lipinski definition) is 3. The highest BCUT2D eigenvalue weighted by molar-refractivity contribution is 5.17. The Balaban J connectivity index is 1.85. The Morgan fingerprint density at radius 1 is 0.760 bits per heavy atom. The van der Waals surface area contributed by atoms with Crippen LogP contribution in [0.15, 0.2) is 60.7 Å². The molecule has 2 N–H and O–H groups in total. The minimum atomic E-state index is 0.303. The lowest BCUT2D eigenvalue weighted by Crippen LogP contribution is -2.29. The lowest BCUT2D eigenvalue weighted by Gasteiger charge is -2.23. The molecule has 2 rings (SSSR count). The van der Waals surface area contributed by atoms with Crippen molar-refractivity contribution in [2.75, 3.05) is 27.2 Å². The van der Waals surface area contributed by atoms with Crippen LogP contribution in [-0.4, -0.2) is 43.0 Å². The van der Waals surface area contributed by atoms with E-state index in [1.807, 2.05) is 0 Å². The van der Waals surface area contributed by atoms with E-state index in [-0.39, 0.29) is 0 Å². The van der Waals surface area contributed by atoms with E-state index in [4.69, 9.17) is 5.73 Å². The molecule has 2 aromatic rings. The molecule has 0 amide bonds. The van der Waals surface area contributed by atoms with Gasteiger partial charge in [-0.05, 0) is 57.6 Å². The highest BCUT2D eigenvalue weighted by atomic mass is 15.1. The van der Waals surface area contributed by atoms with Crippen LogP contribution in [0.4, 0.5) is 0 Å². The Kier molecular flexibility index (Phi) is 8.67. The van der Waals surface area contributed by atoms with Crippen LogP contribution in [-0.2, 0) is 13.1 Å². The predicted octanol–water partition coefficient (Wildman–Crippen LogP) is 3.75. The molecular formula is C22H33N3. The Bertz CT molecular complexity index is 527. The molecule has 1 atom stereocenters. The summed E-state index contributed by atoms with van der Waals surface area (Å²) in [6.45, 7) is 4.13. The van der Waals surface area contributed by atoms with E-state index >= 15 is 0 Å². The molecular weight excluding hydrogens is 306 g/mol. The van der Waals surface area contributed by atoms with Gasteiger partial charge >= 0.3 is 0 Å². The second kappa shape index (κ2) is 11.0. The zero-order valence-corrected chi connectivity index (χ0v) is 15.8. The molecule has 136 valence electrons. The van der Waals surface area contributed by atoms with Gasteiger partial charge in [-0.1, -0.05) is 60.7 Å². The van der Waals surface area contributed by atoms with Crippen molar-refractivity contribution < 1.29 is 0 Å². The first-order valence-corrected chi connectivity index (χ1v) is 9.34. The average Bonchev–Trinajstić information content (AvgIpc) is 2.61. The molecule has 3 heteroatoms. The molecule has 2 aromatic carbocycles. The summed E-state index contributed by atoms with van der Waals surface area (Å²) in [5, 5.41) is 0. The maximum atomic E-state index is 6.27. The normalized spacial score (nSPS) is 12.7. The van der Waals surface area contributed by atoms with E-state index in [1.54, 1.807) is 0 Å². The minimum absolute atomic E-state index is 0.303. The first-order chi connectivity index (χ1) is 12.1. The third-order valence-electron chi connectivity index (χ3n) is 4.49. The van der Waals surface area contributed by atoms with Crippen molar-refractivity contribution in [1.82, 2.24) is 9.80 Å². The Labute approximate surface area is 153 Å². The fourth-order valence-corrected chi connectivity index (χ4v) is 3.04. The van der Waals surface area contributed by atoms with Crippen LogP contribution in [0.2, 0.25) is 0 Å². The summed E-state index contributed by atoms with van der Waals surface area (Å²) >= 11 is 0. The first kappa shape index (κ1) is 19.6. The van der Waals surface area contributed by atoms with Crippen molar-refractivity contribution in [3.05, 3.63) is 71.8 Å². The molecule has 1 unspecified atom stereocenters. The zero-order valence-electron chi connectivity index (χ0n) is 15.8. The number of nitrogens with two attached hydrogens (primary N) is 1. The van der Waals surface area contributed by atoms with Crippen LogP contribution in [0.5, 0.6) is 0 Å². The third kappa shape index (κ3) is 8.30. The smallest absolute Gasteiger partial charge is 0.0237 e. The lowest BCUT2D eigenvalue weighted by atomic mass is 10.1. The van der Waals surface area contributed by atoms with Gasteiger partial charge in [-0.3, -0.25) is 4.90 Å². The first-order valence-electron chi connectivity index (χ1n) is 9.34. The van der Waals surface area contributed by atoms with Gasteiger partial charge in [-0.15, -0.1) is 0 Å². The zero-order chi connectivity index (χ0) is 17.9. The fraction of sp³-hybridized carbons (Fsp3) is 0.455.